The molecule has 0 bridgehead atoms. The third-order valence-corrected chi connectivity index (χ3v) is 11.9. The van der Waals surface area contributed by atoms with Crippen LogP contribution >= 0.6 is 0 Å². The first kappa shape index (κ1) is 43.2. The van der Waals surface area contributed by atoms with E-state index in [-0.39, 0.29) is 34.0 Å². The van der Waals surface area contributed by atoms with Crippen LogP contribution in [0.1, 0.15) is 150 Å². The first-order valence-corrected chi connectivity index (χ1v) is 21.1. The Morgan fingerprint density at radius 3 is 1.67 bits per heavy atom. The number of carbonyl (C=O) groups excluding carboxylic acids is 1. The Morgan fingerprint density at radius 1 is 0.784 bits per heavy atom. The zero-order valence-corrected chi connectivity index (χ0v) is 35.6. The number of phenols is 2. The van der Waals surface area contributed by atoms with Gasteiger partial charge in [0.1, 0.15) is 5.75 Å². The SMILES string of the molecule is CC(C)Cc1cc(C[CH2][Co](=[O])[CH2]CN2C(C)(C)CC(OC(=O)CCc3cc(C(C)(C)C)c(O)c(C(C)(C)C)c3)CC2(C)C)cc(CC(C)C)c1O. The van der Waals surface area contributed by atoms with Crippen molar-refractivity contribution in [2.75, 3.05) is 6.54 Å². The van der Waals surface area contributed by atoms with Gasteiger partial charge < -0.3 is 5.11 Å². The molecule has 1 saturated heterocycles. The predicted octanol–water partition coefficient (Wildman–Crippen LogP) is 10.6. The van der Waals surface area contributed by atoms with E-state index in [0.29, 0.717) is 46.9 Å². The van der Waals surface area contributed by atoms with E-state index in [0.717, 1.165) is 66.5 Å². The van der Waals surface area contributed by atoms with Crippen molar-refractivity contribution in [2.45, 2.75) is 181 Å². The van der Waals surface area contributed by atoms with Crippen molar-refractivity contribution in [3.8, 4) is 11.5 Å². The van der Waals surface area contributed by atoms with Gasteiger partial charge in [0.2, 0.25) is 0 Å². The van der Waals surface area contributed by atoms with Gasteiger partial charge in [-0.05, 0) is 22.0 Å². The molecule has 0 aromatic heterocycles. The van der Waals surface area contributed by atoms with E-state index in [2.05, 4.69) is 114 Å². The van der Waals surface area contributed by atoms with Crippen molar-refractivity contribution in [3.05, 3.63) is 57.6 Å². The van der Waals surface area contributed by atoms with Gasteiger partial charge in [0.15, 0.2) is 0 Å². The number of piperidine rings is 1. The van der Waals surface area contributed by atoms with E-state index in [9.17, 15) is 18.9 Å². The first-order chi connectivity index (χ1) is 23.3. The molecule has 1 heterocycles. The summed E-state index contributed by atoms with van der Waals surface area (Å²) in [5.74, 6) is 1.50. The van der Waals surface area contributed by atoms with Crippen molar-refractivity contribution in [1.82, 2.24) is 4.90 Å². The van der Waals surface area contributed by atoms with Crippen LogP contribution in [0.3, 0.4) is 0 Å². The monoisotopic (exact) mass is 752 g/mol. The molecule has 3 rings (SSSR count). The standard InChI is InChI=1S/C28H46NO3.C16H25O.Co.O/c1-12-29-27(8,9)17-20(18-28(29,10)11)32-23(30)14-13-19-15-21(25(2,3)4)24(31)22(16-19)26(5,6)7;1-6-13-9-14(7-11(2)3)16(17)15(10-13)8-12(4)5;;/h15-16,20,31H,1,12-14,17-18H2,2-11H3;9-12,17H,1,6-8H2,2-5H3;;. The van der Waals surface area contributed by atoms with Crippen LogP contribution in [-0.2, 0) is 63.5 Å². The summed E-state index contributed by atoms with van der Waals surface area (Å²) in [5.41, 5.74) is 5.14. The predicted molar refractivity (Wildman–Crippen MR) is 207 cm³/mol. The summed E-state index contributed by atoms with van der Waals surface area (Å²) in [6.07, 6.45) is 4.54. The van der Waals surface area contributed by atoms with E-state index in [1.165, 1.54) is 5.56 Å². The van der Waals surface area contributed by atoms with Crippen molar-refractivity contribution in [1.29, 1.82) is 0 Å². The second-order valence-electron chi connectivity index (χ2n) is 19.2. The van der Waals surface area contributed by atoms with Crippen LogP contribution in [0.4, 0.5) is 0 Å². The van der Waals surface area contributed by atoms with Gasteiger partial charge >= 0.3 is 242 Å². The molecular formula is C44H71CoNO5. The number of aryl methyl sites for hydroxylation is 2. The molecule has 0 amide bonds. The van der Waals surface area contributed by atoms with Crippen molar-refractivity contribution >= 4 is 5.97 Å². The number of benzene rings is 2. The van der Waals surface area contributed by atoms with E-state index >= 15 is 0 Å². The van der Waals surface area contributed by atoms with Crippen molar-refractivity contribution < 1.29 is 37.2 Å². The summed E-state index contributed by atoms with van der Waals surface area (Å²) in [4.78, 5) is 15.7. The minimum atomic E-state index is -1.38. The van der Waals surface area contributed by atoms with Crippen LogP contribution in [0.5, 0.6) is 11.5 Å². The number of nitrogens with zero attached hydrogens (tertiary/aromatic N) is 1. The van der Waals surface area contributed by atoms with Crippen LogP contribution in [-0.4, -0.2) is 44.8 Å². The maximum atomic E-state index is 13.4. The van der Waals surface area contributed by atoms with Gasteiger partial charge in [0.05, 0.1) is 0 Å². The molecule has 2 aromatic carbocycles. The third-order valence-electron chi connectivity index (χ3n) is 10.2. The zero-order chi connectivity index (χ0) is 38.7. The Bertz CT molecular complexity index is 1440. The van der Waals surface area contributed by atoms with Crippen LogP contribution in [0, 0.1) is 11.8 Å². The summed E-state index contributed by atoms with van der Waals surface area (Å²) in [6.45, 7) is 30.9. The van der Waals surface area contributed by atoms with E-state index < -0.39 is 13.6 Å². The Morgan fingerprint density at radius 2 is 1.24 bits per heavy atom. The fourth-order valence-corrected chi connectivity index (χ4v) is 9.33. The molecule has 1 aliphatic heterocycles. The van der Waals surface area contributed by atoms with Gasteiger partial charge in [-0.15, -0.1) is 0 Å². The number of rotatable bonds is 14. The van der Waals surface area contributed by atoms with Crippen LogP contribution in [0.25, 0.3) is 0 Å². The number of hydrogen-bond acceptors (Lipinski definition) is 6. The van der Waals surface area contributed by atoms with Gasteiger partial charge in [-0.3, -0.25) is 0 Å². The molecule has 0 spiro atoms. The van der Waals surface area contributed by atoms with Gasteiger partial charge in [0.25, 0.3) is 0 Å². The number of ether oxygens (including phenoxy) is 1. The van der Waals surface area contributed by atoms with Gasteiger partial charge in [-0.1, -0.05) is 41.5 Å². The molecule has 0 unspecified atom stereocenters. The molecule has 51 heavy (non-hydrogen) atoms. The minimum absolute atomic E-state index is 0.183. The summed E-state index contributed by atoms with van der Waals surface area (Å²) >= 11 is -1.38. The van der Waals surface area contributed by atoms with Gasteiger partial charge in [0, 0.05) is 0 Å². The number of carbonyl (C=O) groups is 1. The van der Waals surface area contributed by atoms with Crippen molar-refractivity contribution in [2.24, 2.45) is 11.8 Å². The topological polar surface area (TPSA) is 87.1 Å². The molecule has 0 radical (unpaired) electrons. The molecule has 7 heteroatoms. The fourth-order valence-electron chi connectivity index (χ4n) is 7.99. The van der Waals surface area contributed by atoms with E-state index in [1.54, 1.807) is 0 Å². The number of phenolic OH excluding ortho intramolecular Hbond substituents is 2. The number of aromatic hydroxyl groups is 2. The average molecular weight is 753 g/mol. The molecule has 2 aromatic rings. The summed E-state index contributed by atoms with van der Waals surface area (Å²) in [6, 6.07) is 8.34. The van der Waals surface area contributed by atoms with Crippen LogP contribution in [0.15, 0.2) is 24.3 Å². The van der Waals surface area contributed by atoms with Crippen LogP contribution in [0.2, 0.25) is 10.7 Å². The molecule has 291 valence electrons. The Labute approximate surface area is 315 Å². The van der Waals surface area contributed by atoms with Gasteiger partial charge in [-0.25, -0.2) is 0 Å². The molecule has 1 aliphatic rings. The first-order valence-electron chi connectivity index (χ1n) is 19.2. The molecular weight excluding hydrogens is 681 g/mol. The maximum absolute atomic E-state index is 13.4. The molecule has 0 saturated carbocycles. The summed E-state index contributed by atoms with van der Waals surface area (Å²) in [7, 11) is 0. The molecule has 6 nitrogen and oxygen atoms in total. The normalized spacial score (nSPS) is 17.3. The zero-order valence-electron chi connectivity index (χ0n) is 34.5. The Kier molecular flexibility index (Phi) is 14.3. The second kappa shape index (κ2) is 16.8. The molecule has 0 atom stereocenters. The summed E-state index contributed by atoms with van der Waals surface area (Å²) in [5, 5.41) is 23.3. The van der Waals surface area contributed by atoms with Crippen molar-refractivity contribution in [3.63, 3.8) is 0 Å². The second-order valence-corrected chi connectivity index (χ2v) is 21.4. The van der Waals surface area contributed by atoms with E-state index in [1.807, 2.05) is 12.1 Å². The Balaban J connectivity index is 1.61. The average Bonchev–Trinajstić information content (AvgIpc) is 2.94. The Hall–Kier alpha value is -2.22. The molecule has 1 fully saturated rings. The number of esters is 1. The quantitative estimate of drug-likeness (QED) is 0.187. The van der Waals surface area contributed by atoms with E-state index in [4.69, 9.17) is 4.74 Å². The molecule has 0 aliphatic carbocycles. The van der Waals surface area contributed by atoms with Crippen LogP contribution < -0.4 is 0 Å². The summed E-state index contributed by atoms with van der Waals surface area (Å²) < 4.78 is 19.6. The van der Waals surface area contributed by atoms with Gasteiger partial charge in [-0.2, -0.15) is 0 Å². The molecule has 2 N–H and O–H groups in total. The number of hydrogen-bond donors (Lipinski definition) is 2. The number of likely N-dealkylation sites (tertiary alicyclic amines) is 1. The third kappa shape index (κ3) is 12.1. The fraction of sp³-hybridized carbons (Fsp3) is 0.705.